The zero-order valence-electron chi connectivity index (χ0n) is 12.9. The second-order valence-electron chi connectivity index (χ2n) is 4.99. The van der Waals surface area contributed by atoms with Crippen molar-refractivity contribution in [2.24, 2.45) is 0 Å². The normalized spacial score (nSPS) is 11.5. The average Bonchev–Trinajstić information content (AvgIpc) is 2.57. The minimum absolute atomic E-state index is 0.310. The number of hydrogen-bond donors (Lipinski definition) is 2. The zero-order chi connectivity index (χ0) is 17.5. The first-order chi connectivity index (χ1) is 11.5. The highest BCUT2D eigenvalue weighted by molar-refractivity contribution is 6.35. The molecule has 0 aliphatic rings. The lowest BCUT2D eigenvalue weighted by Crippen LogP contribution is -2.45. The van der Waals surface area contributed by atoms with Crippen molar-refractivity contribution >= 4 is 40.9 Å². The molecule has 7 heteroatoms. The van der Waals surface area contributed by atoms with Gasteiger partial charge in [0.15, 0.2) is 0 Å². The number of urea groups is 1. The van der Waals surface area contributed by atoms with Crippen LogP contribution in [0.1, 0.15) is 5.56 Å². The Bertz CT molecular complexity index is 723. The highest BCUT2D eigenvalue weighted by Crippen LogP contribution is 2.25. The average molecular weight is 367 g/mol. The molecule has 0 aliphatic carbocycles. The van der Waals surface area contributed by atoms with Gasteiger partial charge < -0.3 is 15.4 Å². The maximum atomic E-state index is 12.2. The summed E-state index contributed by atoms with van der Waals surface area (Å²) < 4.78 is 4.75. The van der Waals surface area contributed by atoms with Gasteiger partial charge in [-0.2, -0.15) is 0 Å². The van der Waals surface area contributed by atoms with E-state index in [0.717, 1.165) is 5.56 Å². The first kappa shape index (κ1) is 18.1. The Hall–Kier alpha value is -2.24. The zero-order valence-corrected chi connectivity index (χ0v) is 14.4. The summed E-state index contributed by atoms with van der Waals surface area (Å²) in [5, 5.41) is 5.93. The second-order valence-corrected chi connectivity index (χ2v) is 5.83. The number of hydrogen-bond acceptors (Lipinski definition) is 3. The third-order valence-electron chi connectivity index (χ3n) is 3.25. The van der Waals surface area contributed by atoms with Gasteiger partial charge in [-0.25, -0.2) is 9.59 Å². The van der Waals surface area contributed by atoms with E-state index in [9.17, 15) is 9.59 Å². The van der Waals surface area contributed by atoms with E-state index in [0.29, 0.717) is 22.2 Å². The van der Waals surface area contributed by atoms with Crippen molar-refractivity contribution in [3.63, 3.8) is 0 Å². The lowest BCUT2D eigenvalue weighted by Gasteiger charge is -2.17. The Morgan fingerprint density at radius 1 is 1.12 bits per heavy atom. The summed E-state index contributed by atoms with van der Waals surface area (Å²) in [6.45, 7) is 0. The number of anilines is 1. The molecular formula is C17H16Cl2N2O3. The minimum atomic E-state index is -0.824. The molecule has 24 heavy (non-hydrogen) atoms. The molecule has 5 nitrogen and oxygen atoms in total. The van der Waals surface area contributed by atoms with Gasteiger partial charge in [-0.15, -0.1) is 0 Å². The van der Waals surface area contributed by atoms with Crippen LogP contribution in [0.2, 0.25) is 10.0 Å². The van der Waals surface area contributed by atoms with Crippen LogP contribution in [-0.4, -0.2) is 25.2 Å². The molecule has 1 atom stereocenters. The van der Waals surface area contributed by atoms with Crippen LogP contribution in [0.15, 0.2) is 48.5 Å². The Kier molecular flexibility index (Phi) is 6.46. The largest absolute Gasteiger partial charge is 0.467 e. The number of carbonyl (C=O) groups is 2. The quantitative estimate of drug-likeness (QED) is 0.788. The molecular weight excluding hydrogens is 351 g/mol. The number of esters is 1. The van der Waals surface area contributed by atoms with Crippen LogP contribution in [0.5, 0.6) is 0 Å². The molecule has 2 N–H and O–H groups in total. The number of methoxy groups -OCH3 is 1. The van der Waals surface area contributed by atoms with Gasteiger partial charge in [0.1, 0.15) is 6.04 Å². The number of nitrogens with one attached hydrogen (secondary N) is 2. The van der Waals surface area contributed by atoms with Gasteiger partial charge in [-0.3, -0.25) is 0 Å². The SMILES string of the molecule is COC(=O)[C@H](Cc1ccccc1)NC(=O)Nc1cc(Cl)ccc1Cl. The van der Waals surface area contributed by atoms with Crippen LogP contribution in [0.25, 0.3) is 0 Å². The summed E-state index contributed by atoms with van der Waals surface area (Å²) in [6, 6.07) is 12.6. The molecule has 0 aromatic heterocycles. The van der Waals surface area contributed by atoms with Gasteiger partial charge in [-0.1, -0.05) is 53.5 Å². The van der Waals surface area contributed by atoms with E-state index >= 15 is 0 Å². The van der Waals surface area contributed by atoms with E-state index in [1.165, 1.54) is 13.2 Å². The topological polar surface area (TPSA) is 67.4 Å². The predicted octanol–water partition coefficient (Wildman–Crippen LogP) is 3.90. The van der Waals surface area contributed by atoms with Crippen molar-refractivity contribution < 1.29 is 14.3 Å². The standard InChI is InChI=1S/C17H16Cl2N2O3/c1-24-16(22)15(9-11-5-3-2-4-6-11)21-17(23)20-14-10-12(18)7-8-13(14)19/h2-8,10,15H,9H2,1H3,(H2,20,21,23)/t15-/m0/s1. The van der Waals surface area contributed by atoms with E-state index < -0.39 is 18.0 Å². The fourth-order valence-corrected chi connectivity index (χ4v) is 2.43. The fourth-order valence-electron chi connectivity index (χ4n) is 2.10. The molecule has 126 valence electrons. The van der Waals surface area contributed by atoms with Crippen LogP contribution in [0, 0.1) is 0 Å². The van der Waals surface area contributed by atoms with Crippen LogP contribution < -0.4 is 10.6 Å². The Labute approximate surface area is 149 Å². The van der Waals surface area contributed by atoms with Crippen molar-refractivity contribution in [1.82, 2.24) is 5.32 Å². The monoisotopic (exact) mass is 366 g/mol. The third kappa shape index (κ3) is 5.15. The Balaban J connectivity index is 2.07. The summed E-state index contributed by atoms with van der Waals surface area (Å²) >= 11 is 11.9. The second kappa shape index (κ2) is 8.57. The Morgan fingerprint density at radius 2 is 1.83 bits per heavy atom. The van der Waals surface area contributed by atoms with Crippen molar-refractivity contribution in [2.75, 3.05) is 12.4 Å². The lowest BCUT2D eigenvalue weighted by atomic mass is 10.1. The Morgan fingerprint density at radius 3 is 2.50 bits per heavy atom. The number of amides is 2. The molecule has 0 fully saturated rings. The van der Waals surface area contributed by atoms with Gasteiger partial charge in [0.25, 0.3) is 0 Å². The number of carbonyl (C=O) groups excluding carboxylic acids is 2. The van der Waals surface area contributed by atoms with Crippen molar-refractivity contribution in [3.05, 3.63) is 64.1 Å². The molecule has 0 spiro atoms. The van der Waals surface area contributed by atoms with Crippen LogP contribution in [0.3, 0.4) is 0 Å². The maximum Gasteiger partial charge on any atom is 0.328 e. The van der Waals surface area contributed by atoms with Gasteiger partial charge in [-0.05, 0) is 23.8 Å². The van der Waals surface area contributed by atoms with E-state index in [1.807, 2.05) is 30.3 Å². The number of rotatable bonds is 5. The van der Waals surface area contributed by atoms with Crippen LogP contribution in [0.4, 0.5) is 10.5 Å². The molecule has 2 amide bonds. The summed E-state index contributed by atoms with van der Waals surface area (Å²) in [5.74, 6) is -0.536. The summed E-state index contributed by atoms with van der Waals surface area (Å²) in [6.07, 6.45) is 0.310. The predicted molar refractivity (Wildman–Crippen MR) is 94.6 cm³/mol. The van der Waals surface area contributed by atoms with Gasteiger partial charge >= 0.3 is 12.0 Å². The van der Waals surface area contributed by atoms with Crippen molar-refractivity contribution in [2.45, 2.75) is 12.5 Å². The van der Waals surface area contributed by atoms with Gasteiger partial charge in [0.2, 0.25) is 0 Å². The van der Waals surface area contributed by atoms with Crippen LogP contribution in [-0.2, 0) is 16.0 Å². The molecule has 0 saturated carbocycles. The number of ether oxygens (including phenoxy) is 1. The first-order valence-electron chi connectivity index (χ1n) is 7.14. The summed E-state index contributed by atoms with van der Waals surface area (Å²) in [7, 11) is 1.27. The molecule has 0 aliphatic heterocycles. The smallest absolute Gasteiger partial charge is 0.328 e. The van der Waals surface area contributed by atoms with E-state index in [1.54, 1.807) is 12.1 Å². The highest BCUT2D eigenvalue weighted by atomic mass is 35.5. The fraction of sp³-hybridized carbons (Fsp3) is 0.176. The molecule has 0 unspecified atom stereocenters. The first-order valence-corrected chi connectivity index (χ1v) is 7.89. The minimum Gasteiger partial charge on any atom is -0.467 e. The molecule has 0 saturated heterocycles. The van der Waals surface area contributed by atoms with E-state index in [-0.39, 0.29) is 0 Å². The van der Waals surface area contributed by atoms with Crippen LogP contribution >= 0.6 is 23.2 Å². The van der Waals surface area contributed by atoms with Crippen molar-refractivity contribution in [1.29, 1.82) is 0 Å². The van der Waals surface area contributed by atoms with Crippen molar-refractivity contribution in [3.8, 4) is 0 Å². The third-order valence-corrected chi connectivity index (χ3v) is 3.81. The maximum absolute atomic E-state index is 12.2. The molecule has 2 aromatic rings. The molecule has 0 heterocycles. The number of benzene rings is 2. The number of halogens is 2. The lowest BCUT2D eigenvalue weighted by molar-refractivity contribution is -0.142. The molecule has 2 aromatic carbocycles. The highest BCUT2D eigenvalue weighted by Gasteiger charge is 2.22. The summed E-state index contributed by atoms with van der Waals surface area (Å²) in [4.78, 5) is 24.1. The van der Waals surface area contributed by atoms with E-state index in [2.05, 4.69) is 10.6 Å². The van der Waals surface area contributed by atoms with Gasteiger partial charge in [0.05, 0.1) is 17.8 Å². The molecule has 2 rings (SSSR count). The molecule has 0 radical (unpaired) electrons. The van der Waals surface area contributed by atoms with Gasteiger partial charge in [0, 0.05) is 11.4 Å². The molecule has 0 bridgehead atoms. The summed E-state index contributed by atoms with van der Waals surface area (Å²) in [5.41, 5.74) is 1.25. The van der Waals surface area contributed by atoms with E-state index in [4.69, 9.17) is 27.9 Å².